The molecule has 2 heterocycles. The topological polar surface area (TPSA) is 54.0 Å². The SMILES string of the molecule is O=C1C(=Cc2cc(Cl)cc3c2OCOC3)Oc2cc(OCc3ccc(F)cc3)ccc21. The van der Waals surface area contributed by atoms with Crippen LogP contribution in [0.4, 0.5) is 4.39 Å². The molecule has 0 spiro atoms. The van der Waals surface area contributed by atoms with Gasteiger partial charge in [0.1, 0.15) is 29.7 Å². The number of rotatable bonds is 4. The van der Waals surface area contributed by atoms with Crippen LogP contribution in [0.25, 0.3) is 6.08 Å². The number of hydrogen-bond acceptors (Lipinski definition) is 5. The number of halogens is 2. The lowest BCUT2D eigenvalue weighted by Crippen LogP contribution is -2.12. The minimum Gasteiger partial charge on any atom is -0.489 e. The highest BCUT2D eigenvalue weighted by atomic mass is 35.5. The van der Waals surface area contributed by atoms with Crippen LogP contribution in [-0.4, -0.2) is 12.6 Å². The molecule has 5 nitrogen and oxygen atoms in total. The van der Waals surface area contributed by atoms with Crippen molar-refractivity contribution >= 4 is 23.5 Å². The van der Waals surface area contributed by atoms with Gasteiger partial charge in [0.15, 0.2) is 12.6 Å². The van der Waals surface area contributed by atoms with Crippen LogP contribution in [0.3, 0.4) is 0 Å². The highest BCUT2D eigenvalue weighted by Gasteiger charge is 2.28. The van der Waals surface area contributed by atoms with E-state index in [0.717, 1.165) is 11.1 Å². The minimum absolute atomic E-state index is 0.134. The predicted molar refractivity (Wildman–Crippen MR) is 112 cm³/mol. The Morgan fingerprint density at radius 1 is 1.10 bits per heavy atom. The van der Waals surface area contributed by atoms with Gasteiger partial charge in [-0.2, -0.15) is 0 Å². The summed E-state index contributed by atoms with van der Waals surface area (Å²) in [6.07, 6.45) is 1.62. The summed E-state index contributed by atoms with van der Waals surface area (Å²) in [7, 11) is 0. The van der Waals surface area contributed by atoms with Crippen molar-refractivity contribution in [1.82, 2.24) is 0 Å². The maximum Gasteiger partial charge on any atom is 0.231 e. The van der Waals surface area contributed by atoms with Gasteiger partial charge in [-0.05, 0) is 48.0 Å². The Bertz CT molecular complexity index is 1200. The summed E-state index contributed by atoms with van der Waals surface area (Å²) in [6, 6.07) is 14.6. The van der Waals surface area contributed by atoms with Gasteiger partial charge in [0, 0.05) is 22.2 Å². The van der Waals surface area contributed by atoms with Gasteiger partial charge in [-0.3, -0.25) is 4.79 Å². The number of ketones is 1. The Kier molecular flexibility index (Phi) is 5.10. The smallest absolute Gasteiger partial charge is 0.231 e. The number of ether oxygens (including phenoxy) is 4. The first kappa shape index (κ1) is 19.6. The largest absolute Gasteiger partial charge is 0.489 e. The summed E-state index contributed by atoms with van der Waals surface area (Å²) >= 11 is 6.20. The molecule has 2 aliphatic heterocycles. The van der Waals surface area contributed by atoms with E-state index >= 15 is 0 Å². The normalized spacial score (nSPS) is 15.8. The van der Waals surface area contributed by atoms with Gasteiger partial charge in [-0.15, -0.1) is 0 Å². The molecule has 0 aliphatic carbocycles. The van der Waals surface area contributed by atoms with Crippen LogP contribution in [0, 0.1) is 5.82 Å². The van der Waals surface area contributed by atoms with Crippen LogP contribution in [-0.2, 0) is 18.0 Å². The first-order valence-corrected chi connectivity index (χ1v) is 9.93. The lowest BCUT2D eigenvalue weighted by molar-refractivity contribution is -0.0165. The van der Waals surface area contributed by atoms with Crippen LogP contribution in [0.1, 0.15) is 27.0 Å². The summed E-state index contributed by atoms with van der Waals surface area (Å²) in [5.74, 6) is 1.21. The predicted octanol–water partition coefficient (Wildman–Crippen LogP) is 5.54. The summed E-state index contributed by atoms with van der Waals surface area (Å²) in [4.78, 5) is 12.8. The van der Waals surface area contributed by atoms with Crippen molar-refractivity contribution in [3.05, 3.63) is 93.5 Å². The molecule has 0 aromatic heterocycles. The summed E-state index contributed by atoms with van der Waals surface area (Å²) < 4.78 is 35.5. The first-order chi connectivity index (χ1) is 15.1. The van der Waals surface area contributed by atoms with Crippen molar-refractivity contribution in [3.8, 4) is 17.2 Å². The molecule has 0 unspecified atom stereocenters. The van der Waals surface area contributed by atoms with Gasteiger partial charge in [-0.25, -0.2) is 4.39 Å². The van der Waals surface area contributed by atoms with Crippen molar-refractivity contribution < 1.29 is 28.1 Å². The maximum absolute atomic E-state index is 13.0. The third-order valence-electron chi connectivity index (χ3n) is 4.95. The van der Waals surface area contributed by atoms with Crippen LogP contribution in [0.5, 0.6) is 17.2 Å². The number of hydrogen-bond donors (Lipinski definition) is 0. The highest BCUT2D eigenvalue weighted by Crippen LogP contribution is 2.38. The summed E-state index contributed by atoms with van der Waals surface area (Å²) in [5.41, 5.74) is 2.73. The van der Waals surface area contributed by atoms with Gasteiger partial charge in [0.05, 0.1) is 12.2 Å². The number of fused-ring (bicyclic) bond motifs is 2. The van der Waals surface area contributed by atoms with E-state index in [4.69, 9.17) is 30.5 Å². The second kappa shape index (κ2) is 8.06. The van der Waals surface area contributed by atoms with E-state index in [1.165, 1.54) is 12.1 Å². The average molecular weight is 439 g/mol. The molecule has 3 aromatic carbocycles. The Morgan fingerprint density at radius 2 is 1.94 bits per heavy atom. The lowest BCUT2D eigenvalue weighted by atomic mass is 10.1. The molecule has 0 fully saturated rings. The summed E-state index contributed by atoms with van der Waals surface area (Å²) in [6.45, 7) is 0.786. The van der Waals surface area contributed by atoms with Crippen LogP contribution in [0.2, 0.25) is 5.02 Å². The molecule has 0 amide bonds. The highest BCUT2D eigenvalue weighted by molar-refractivity contribution is 6.31. The molecule has 0 atom stereocenters. The van der Waals surface area contributed by atoms with E-state index in [-0.39, 0.29) is 30.8 Å². The number of benzene rings is 3. The van der Waals surface area contributed by atoms with Crippen molar-refractivity contribution in [1.29, 1.82) is 0 Å². The van der Waals surface area contributed by atoms with Gasteiger partial charge in [0.25, 0.3) is 0 Å². The molecule has 5 rings (SSSR count). The third kappa shape index (κ3) is 4.00. The minimum atomic E-state index is -0.300. The molecule has 7 heteroatoms. The van der Waals surface area contributed by atoms with Crippen molar-refractivity contribution in [2.75, 3.05) is 6.79 Å². The Hall–Kier alpha value is -3.35. The molecule has 156 valence electrons. The molecule has 0 bridgehead atoms. The Morgan fingerprint density at radius 3 is 2.77 bits per heavy atom. The number of carbonyl (C=O) groups excluding carboxylic acids is 1. The lowest BCUT2D eigenvalue weighted by Gasteiger charge is -2.20. The molecule has 3 aromatic rings. The van der Waals surface area contributed by atoms with E-state index in [9.17, 15) is 9.18 Å². The molecular weight excluding hydrogens is 423 g/mol. The fourth-order valence-electron chi connectivity index (χ4n) is 3.46. The average Bonchev–Trinajstić information content (AvgIpc) is 3.08. The fourth-order valence-corrected chi connectivity index (χ4v) is 3.71. The number of carbonyl (C=O) groups is 1. The van der Waals surface area contributed by atoms with E-state index in [1.807, 2.05) is 0 Å². The van der Waals surface area contributed by atoms with Crippen molar-refractivity contribution in [2.45, 2.75) is 13.2 Å². The molecule has 0 saturated carbocycles. The molecular formula is C24H16ClFO5. The van der Waals surface area contributed by atoms with Gasteiger partial charge in [-0.1, -0.05) is 23.7 Å². The Labute approximate surface area is 182 Å². The zero-order chi connectivity index (χ0) is 21.4. The van der Waals surface area contributed by atoms with E-state index < -0.39 is 0 Å². The van der Waals surface area contributed by atoms with Gasteiger partial charge < -0.3 is 18.9 Å². The zero-order valence-electron chi connectivity index (χ0n) is 16.2. The fraction of sp³-hybridized carbons (Fsp3) is 0.125. The summed E-state index contributed by atoms with van der Waals surface area (Å²) in [5, 5.41) is 0.513. The van der Waals surface area contributed by atoms with E-state index in [2.05, 4.69) is 0 Å². The number of Topliss-reactive ketones (excluding diaryl/α,β-unsaturated/α-hetero) is 1. The van der Waals surface area contributed by atoms with Crippen LogP contribution >= 0.6 is 11.6 Å². The first-order valence-electron chi connectivity index (χ1n) is 9.55. The van der Waals surface area contributed by atoms with E-state index in [0.29, 0.717) is 40.0 Å². The standard InChI is InChI=1S/C24H16ClFO5/c25-17-7-15(24-16(8-17)12-28-13-30-24)9-22-23(27)20-6-5-19(10-21(20)31-22)29-11-14-1-3-18(26)4-2-14/h1-10H,11-13H2. The van der Waals surface area contributed by atoms with E-state index in [1.54, 1.807) is 48.5 Å². The zero-order valence-corrected chi connectivity index (χ0v) is 16.9. The molecule has 2 aliphatic rings. The van der Waals surface area contributed by atoms with Gasteiger partial charge in [0.2, 0.25) is 5.78 Å². The second-order valence-electron chi connectivity index (χ2n) is 7.11. The Balaban J connectivity index is 1.38. The quantitative estimate of drug-likeness (QED) is 0.500. The van der Waals surface area contributed by atoms with Crippen LogP contribution in [0.15, 0.2) is 60.4 Å². The van der Waals surface area contributed by atoms with Gasteiger partial charge >= 0.3 is 0 Å². The molecule has 0 saturated heterocycles. The monoisotopic (exact) mass is 438 g/mol. The molecule has 0 radical (unpaired) electrons. The van der Waals surface area contributed by atoms with Crippen molar-refractivity contribution in [2.24, 2.45) is 0 Å². The molecule has 0 N–H and O–H groups in total. The number of allylic oxidation sites excluding steroid dienone is 1. The third-order valence-corrected chi connectivity index (χ3v) is 5.17. The second-order valence-corrected chi connectivity index (χ2v) is 7.54. The van der Waals surface area contributed by atoms with Crippen molar-refractivity contribution in [3.63, 3.8) is 0 Å². The molecule has 31 heavy (non-hydrogen) atoms. The maximum atomic E-state index is 13.0. The van der Waals surface area contributed by atoms with Crippen LogP contribution < -0.4 is 14.2 Å².